The molecule has 0 radical (unpaired) electrons. The van der Waals surface area contributed by atoms with Gasteiger partial charge in [0.1, 0.15) is 5.60 Å². The number of aliphatic carboxylic acids is 1. The summed E-state index contributed by atoms with van der Waals surface area (Å²) in [6, 6.07) is 0. The number of carboxylic acid groups (broad SMARTS) is 1. The molecule has 2 fully saturated rings. The number of rotatable bonds is 4. The van der Waals surface area contributed by atoms with Crippen molar-refractivity contribution in [2.24, 2.45) is 5.92 Å². The lowest BCUT2D eigenvalue weighted by Gasteiger charge is -2.28. The Balaban J connectivity index is 1.95. The second-order valence-corrected chi connectivity index (χ2v) is 7.23. The number of hydrogen-bond donors (Lipinski definition) is 2. The number of nitrogens with one attached hydrogen (secondary N) is 1. The predicted molar refractivity (Wildman–Crippen MR) is 79.7 cm³/mol. The van der Waals surface area contributed by atoms with E-state index in [0.29, 0.717) is 25.4 Å². The third-order valence-electron chi connectivity index (χ3n) is 4.04. The van der Waals surface area contributed by atoms with Crippen LogP contribution >= 0.6 is 0 Å². The average molecular weight is 314 g/mol. The minimum atomic E-state index is -1.26. The largest absolute Gasteiger partial charge is 0.479 e. The molecule has 2 rings (SSSR count). The number of ether oxygens (including phenoxy) is 2. The molecule has 2 atom stereocenters. The summed E-state index contributed by atoms with van der Waals surface area (Å²) >= 11 is 0. The molecule has 0 aliphatic carbocycles. The number of amides is 1. The molecule has 2 saturated heterocycles. The van der Waals surface area contributed by atoms with E-state index in [2.05, 4.69) is 10.2 Å². The topological polar surface area (TPSA) is 88.1 Å². The Hall–Kier alpha value is -1.34. The third kappa shape index (κ3) is 4.33. The second-order valence-electron chi connectivity index (χ2n) is 7.23. The van der Waals surface area contributed by atoms with Crippen LogP contribution < -0.4 is 5.32 Å². The summed E-state index contributed by atoms with van der Waals surface area (Å²) in [4.78, 5) is 25.7. The summed E-state index contributed by atoms with van der Waals surface area (Å²) in [5.41, 5.74) is -1.91. The number of nitrogens with zero attached hydrogens (tertiary/aromatic N) is 1. The first-order valence-electron chi connectivity index (χ1n) is 7.75. The van der Waals surface area contributed by atoms with Gasteiger partial charge < -0.3 is 19.9 Å². The average Bonchev–Trinajstić information content (AvgIpc) is 2.98. The van der Waals surface area contributed by atoms with E-state index in [-0.39, 0.29) is 0 Å². The molecule has 7 nitrogen and oxygen atoms in total. The highest BCUT2D eigenvalue weighted by atomic mass is 16.6. The van der Waals surface area contributed by atoms with Crippen molar-refractivity contribution in [2.75, 3.05) is 32.8 Å². The molecule has 2 N–H and O–H groups in total. The fourth-order valence-electron chi connectivity index (χ4n) is 2.97. The fraction of sp³-hybridized carbons (Fsp3) is 0.867. The molecule has 126 valence electrons. The lowest BCUT2D eigenvalue weighted by molar-refractivity contribution is -0.144. The van der Waals surface area contributed by atoms with Gasteiger partial charge in [-0.15, -0.1) is 0 Å². The van der Waals surface area contributed by atoms with Gasteiger partial charge in [-0.1, -0.05) is 0 Å². The van der Waals surface area contributed by atoms with Crippen LogP contribution in [0.1, 0.15) is 33.6 Å². The monoisotopic (exact) mass is 314 g/mol. The van der Waals surface area contributed by atoms with Crippen molar-refractivity contribution < 1.29 is 24.2 Å². The van der Waals surface area contributed by atoms with Crippen molar-refractivity contribution >= 4 is 12.1 Å². The maximum atomic E-state index is 11.9. The van der Waals surface area contributed by atoms with Crippen LogP contribution in [0.25, 0.3) is 0 Å². The van der Waals surface area contributed by atoms with Gasteiger partial charge >= 0.3 is 12.1 Å². The van der Waals surface area contributed by atoms with Crippen molar-refractivity contribution in [1.29, 1.82) is 0 Å². The van der Waals surface area contributed by atoms with E-state index >= 15 is 0 Å². The van der Waals surface area contributed by atoms with Crippen molar-refractivity contribution in [3.8, 4) is 0 Å². The van der Waals surface area contributed by atoms with Crippen LogP contribution in [0.5, 0.6) is 0 Å². The van der Waals surface area contributed by atoms with E-state index < -0.39 is 23.2 Å². The van der Waals surface area contributed by atoms with Crippen LogP contribution in [0.15, 0.2) is 0 Å². The first-order valence-corrected chi connectivity index (χ1v) is 7.75. The molecular formula is C15H26N2O5. The lowest BCUT2D eigenvalue weighted by atomic mass is 9.99. The maximum Gasteiger partial charge on any atom is 0.408 e. The normalized spacial score (nSPS) is 29.5. The molecular weight excluding hydrogens is 288 g/mol. The van der Waals surface area contributed by atoms with Crippen molar-refractivity contribution in [3.05, 3.63) is 0 Å². The highest BCUT2D eigenvalue weighted by Crippen LogP contribution is 2.25. The van der Waals surface area contributed by atoms with E-state index in [4.69, 9.17) is 9.47 Å². The molecule has 0 spiro atoms. The minimum Gasteiger partial charge on any atom is -0.479 e. The van der Waals surface area contributed by atoms with Crippen molar-refractivity contribution in [1.82, 2.24) is 10.2 Å². The Kier molecular flexibility index (Phi) is 4.97. The molecule has 0 aromatic heterocycles. The molecule has 2 heterocycles. The number of carbonyl (C=O) groups is 2. The third-order valence-corrected chi connectivity index (χ3v) is 4.04. The molecule has 0 saturated carbocycles. The summed E-state index contributed by atoms with van der Waals surface area (Å²) in [7, 11) is 0. The van der Waals surface area contributed by atoms with Gasteiger partial charge in [0, 0.05) is 26.2 Å². The summed E-state index contributed by atoms with van der Waals surface area (Å²) in [5, 5.41) is 12.1. The van der Waals surface area contributed by atoms with Crippen LogP contribution in [0.4, 0.5) is 4.79 Å². The number of hydrogen-bond acceptors (Lipinski definition) is 5. The van der Waals surface area contributed by atoms with Crippen LogP contribution in [0, 0.1) is 5.92 Å². The maximum absolute atomic E-state index is 11.9. The van der Waals surface area contributed by atoms with E-state index in [0.717, 1.165) is 26.2 Å². The van der Waals surface area contributed by atoms with Gasteiger partial charge in [-0.25, -0.2) is 9.59 Å². The van der Waals surface area contributed by atoms with Gasteiger partial charge in [-0.05, 0) is 39.5 Å². The zero-order valence-corrected chi connectivity index (χ0v) is 13.6. The summed E-state index contributed by atoms with van der Waals surface area (Å²) in [5.74, 6) is -0.561. The highest BCUT2D eigenvalue weighted by molar-refractivity contribution is 5.85. The van der Waals surface area contributed by atoms with Gasteiger partial charge in [0.2, 0.25) is 0 Å². The van der Waals surface area contributed by atoms with Crippen molar-refractivity contribution in [3.63, 3.8) is 0 Å². The molecule has 2 aliphatic rings. The highest BCUT2D eigenvalue weighted by Gasteiger charge is 2.47. The number of carbonyl (C=O) groups excluding carboxylic acids is 1. The Labute approximate surface area is 130 Å². The van der Waals surface area contributed by atoms with Crippen LogP contribution in [-0.4, -0.2) is 66.1 Å². The van der Waals surface area contributed by atoms with E-state index in [1.165, 1.54) is 0 Å². The molecule has 22 heavy (non-hydrogen) atoms. The Bertz CT molecular complexity index is 428. The number of alkyl carbamates (subject to hydrolysis) is 1. The first-order chi connectivity index (χ1) is 10.2. The molecule has 7 heteroatoms. The van der Waals surface area contributed by atoms with E-state index in [1.54, 1.807) is 20.8 Å². The Morgan fingerprint density at radius 2 is 2.18 bits per heavy atom. The van der Waals surface area contributed by atoms with Gasteiger partial charge in [-0.2, -0.15) is 0 Å². The van der Waals surface area contributed by atoms with E-state index in [1.807, 2.05) is 0 Å². The van der Waals surface area contributed by atoms with Crippen molar-refractivity contribution in [2.45, 2.75) is 44.8 Å². The second kappa shape index (κ2) is 6.42. The van der Waals surface area contributed by atoms with Crippen LogP contribution in [-0.2, 0) is 14.3 Å². The smallest absolute Gasteiger partial charge is 0.408 e. The molecule has 0 aromatic rings. The molecule has 2 aliphatic heterocycles. The van der Waals surface area contributed by atoms with Crippen LogP contribution in [0.3, 0.4) is 0 Å². The van der Waals surface area contributed by atoms with Crippen LogP contribution in [0.2, 0.25) is 0 Å². The van der Waals surface area contributed by atoms with Gasteiger partial charge in [0.05, 0.1) is 6.61 Å². The quantitative estimate of drug-likeness (QED) is 0.807. The van der Waals surface area contributed by atoms with Gasteiger partial charge in [-0.3, -0.25) is 4.90 Å². The lowest BCUT2D eigenvalue weighted by Crippen LogP contribution is -2.57. The molecule has 0 aromatic carbocycles. The molecule has 0 bridgehead atoms. The predicted octanol–water partition coefficient (Wildman–Crippen LogP) is 1.08. The van der Waals surface area contributed by atoms with E-state index in [9.17, 15) is 14.7 Å². The number of likely N-dealkylation sites (tertiary alicyclic amines) is 1. The minimum absolute atomic E-state index is 0.304. The van der Waals surface area contributed by atoms with Gasteiger partial charge in [0.15, 0.2) is 5.54 Å². The SMILES string of the molecule is CC(C)(C)OC(=O)NC1(C(=O)O)CCN(CC2CCOC2)C1. The summed E-state index contributed by atoms with van der Waals surface area (Å²) < 4.78 is 10.5. The first kappa shape index (κ1) is 17.0. The molecule has 2 unspecified atom stereocenters. The Morgan fingerprint density at radius 3 is 2.73 bits per heavy atom. The fourth-order valence-corrected chi connectivity index (χ4v) is 2.97. The zero-order chi connectivity index (χ0) is 16.4. The standard InChI is InChI=1S/C15H26N2O5/c1-14(2,3)22-13(20)16-15(12(18)19)5-6-17(10-15)8-11-4-7-21-9-11/h11H,4-10H2,1-3H3,(H,16,20)(H,18,19). The van der Waals surface area contributed by atoms with Gasteiger partial charge in [0.25, 0.3) is 0 Å². The molecule has 1 amide bonds. The summed E-state index contributed by atoms with van der Waals surface area (Å²) in [6.45, 7) is 8.53. The Morgan fingerprint density at radius 1 is 1.45 bits per heavy atom. The summed E-state index contributed by atoms with van der Waals surface area (Å²) in [6.07, 6.45) is 0.714. The number of carboxylic acids is 1. The zero-order valence-electron chi connectivity index (χ0n) is 13.6.